The number of aryl methyl sites for hydroxylation is 1. The molecule has 0 radical (unpaired) electrons. The van der Waals surface area contributed by atoms with Gasteiger partial charge in [0.15, 0.2) is 0 Å². The third kappa shape index (κ3) is 2.96. The fourth-order valence-electron chi connectivity index (χ4n) is 2.58. The van der Waals surface area contributed by atoms with Crippen LogP contribution in [0.1, 0.15) is 5.69 Å². The number of nitrogens with zero attached hydrogens (tertiary/aromatic N) is 4. The van der Waals surface area contributed by atoms with Crippen LogP contribution in [0.4, 0.5) is 5.69 Å². The molecule has 3 rings (SSSR count). The molecule has 1 aliphatic rings. The van der Waals surface area contributed by atoms with Gasteiger partial charge in [0.2, 0.25) is 0 Å². The minimum atomic E-state index is 0.962. The van der Waals surface area contributed by atoms with E-state index in [0.29, 0.717) is 0 Å². The summed E-state index contributed by atoms with van der Waals surface area (Å²) in [6, 6.07) is 12.8. The molecular weight excluding hydrogens is 236 g/mol. The maximum absolute atomic E-state index is 4.44. The van der Waals surface area contributed by atoms with Crippen LogP contribution in [0, 0.1) is 0 Å². The summed E-state index contributed by atoms with van der Waals surface area (Å²) in [6.45, 7) is 5.36. The Morgan fingerprint density at radius 3 is 2.37 bits per heavy atom. The molecule has 2 heterocycles. The summed E-state index contributed by atoms with van der Waals surface area (Å²) >= 11 is 0. The Kier molecular flexibility index (Phi) is 3.51. The van der Waals surface area contributed by atoms with Gasteiger partial charge in [-0.15, -0.1) is 0 Å². The Morgan fingerprint density at radius 1 is 1.00 bits per heavy atom. The fraction of sp³-hybridized carbons (Fsp3) is 0.400. The summed E-state index contributed by atoms with van der Waals surface area (Å²) in [6.07, 6.45) is 2.01. The van der Waals surface area contributed by atoms with Gasteiger partial charge in [-0.3, -0.25) is 9.58 Å². The molecule has 0 aliphatic carbocycles. The molecular formula is C15H20N4. The van der Waals surface area contributed by atoms with E-state index in [1.54, 1.807) is 0 Å². The summed E-state index contributed by atoms with van der Waals surface area (Å²) in [5.41, 5.74) is 2.50. The Hall–Kier alpha value is -1.81. The lowest BCUT2D eigenvalue weighted by Gasteiger charge is -2.35. The summed E-state index contributed by atoms with van der Waals surface area (Å²) in [4.78, 5) is 4.93. The summed E-state index contributed by atoms with van der Waals surface area (Å²) in [5, 5.41) is 4.44. The quantitative estimate of drug-likeness (QED) is 0.836. The lowest BCUT2D eigenvalue weighted by atomic mass is 10.2. The van der Waals surface area contributed by atoms with Crippen molar-refractivity contribution in [1.29, 1.82) is 0 Å². The number of hydrogen-bond acceptors (Lipinski definition) is 3. The van der Waals surface area contributed by atoms with E-state index in [1.807, 2.05) is 17.9 Å². The van der Waals surface area contributed by atoms with Gasteiger partial charge < -0.3 is 4.90 Å². The van der Waals surface area contributed by atoms with Gasteiger partial charge in [-0.2, -0.15) is 5.10 Å². The van der Waals surface area contributed by atoms with Crippen LogP contribution in [0.3, 0.4) is 0 Å². The average molecular weight is 256 g/mol. The second-order valence-electron chi connectivity index (χ2n) is 5.08. The Bertz CT molecular complexity index is 512. The molecule has 4 heteroatoms. The number of anilines is 1. The normalized spacial score (nSPS) is 16.8. The highest BCUT2D eigenvalue weighted by molar-refractivity contribution is 5.46. The molecule has 0 unspecified atom stereocenters. The topological polar surface area (TPSA) is 24.3 Å². The SMILES string of the molecule is Cn1ccc(CN2CCN(c3ccccc3)CC2)n1. The maximum atomic E-state index is 4.44. The third-order valence-corrected chi connectivity index (χ3v) is 3.65. The van der Waals surface area contributed by atoms with E-state index in [2.05, 4.69) is 51.3 Å². The molecule has 0 spiro atoms. The molecule has 1 aliphatic heterocycles. The molecule has 0 amide bonds. The molecule has 0 saturated carbocycles. The maximum Gasteiger partial charge on any atom is 0.0764 e. The minimum absolute atomic E-state index is 0.962. The zero-order chi connectivity index (χ0) is 13.1. The molecule has 1 saturated heterocycles. The van der Waals surface area contributed by atoms with Gasteiger partial charge in [0.25, 0.3) is 0 Å². The number of aromatic nitrogens is 2. The number of para-hydroxylation sites is 1. The molecule has 0 N–H and O–H groups in total. The van der Waals surface area contributed by atoms with Crippen LogP contribution in [0.25, 0.3) is 0 Å². The molecule has 0 atom stereocenters. The van der Waals surface area contributed by atoms with Crippen LogP contribution in [-0.4, -0.2) is 40.9 Å². The lowest BCUT2D eigenvalue weighted by molar-refractivity contribution is 0.246. The first-order chi connectivity index (χ1) is 9.31. The second kappa shape index (κ2) is 5.45. The fourth-order valence-corrected chi connectivity index (χ4v) is 2.58. The molecule has 2 aromatic rings. The van der Waals surface area contributed by atoms with E-state index in [0.717, 1.165) is 38.4 Å². The van der Waals surface area contributed by atoms with Gasteiger partial charge >= 0.3 is 0 Å². The van der Waals surface area contributed by atoms with E-state index in [4.69, 9.17) is 0 Å². The molecule has 0 bridgehead atoms. The van der Waals surface area contributed by atoms with Crippen LogP contribution in [0.2, 0.25) is 0 Å². The van der Waals surface area contributed by atoms with Crippen LogP contribution >= 0.6 is 0 Å². The minimum Gasteiger partial charge on any atom is -0.369 e. The highest BCUT2D eigenvalue weighted by Gasteiger charge is 2.17. The van der Waals surface area contributed by atoms with E-state index < -0.39 is 0 Å². The Morgan fingerprint density at radius 2 is 1.74 bits per heavy atom. The molecule has 1 aromatic heterocycles. The van der Waals surface area contributed by atoms with Crippen molar-refractivity contribution >= 4 is 5.69 Å². The van der Waals surface area contributed by atoms with Crippen molar-refractivity contribution < 1.29 is 0 Å². The van der Waals surface area contributed by atoms with Crippen LogP contribution in [-0.2, 0) is 13.6 Å². The molecule has 1 aromatic carbocycles. The number of hydrogen-bond donors (Lipinski definition) is 0. The first-order valence-electron chi connectivity index (χ1n) is 6.82. The zero-order valence-corrected chi connectivity index (χ0v) is 11.4. The van der Waals surface area contributed by atoms with Crippen molar-refractivity contribution in [3.8, 4) is 0 Å². The summed E-state index contributed by atoms with van der Waals surface area (Å²) in [5.74, 6) is 0. The van der Waals surface area contributed by atoms with Crippen molar-refractivity contribution in [2.75, 3.05) is 31.1 Å². The van der Waals surface area contributed by atoms with Crippen LogP contribution in [0.5, 0.6) is 0 Å². The average Bonchev–Trinajstić information content (AvgIpc) is 2.86. The monoisotopic (exact) mass is 256 g/mol. The Labute approximate surface area is 114 Å². The van der Waals surface area contributed by atoms with Crippen molar-refractivity contribution in [2.45, 2.75) is 6.54 Å². The number of rotatable bonds is 3. The number of benzene rings is 1. The van der Waals surface area contributed by atoms with E-state index in [9.17, 15) is 0 Å². The van der Waals surface area contributed by atoms with Gasteiger partial charge in [0, 0.05) is 51.7 Å². The van der Waals surface area contributed by atoms with Gasteiger partial charge in [-0.05, 0) is 18.2 Å². The predicted octanol–water partition coefficient (Wildman–Crippen LogP) is 1.74. The second-order valence-corrected chi connectivity index (χ2v) is 5.08. The highest BCUT2D eigenvalue weighted by Crippen LogP contribution is 2.16. The third-order valence-electron chi connectivity index (χ3n) is 3.65. The van der Waals surface area contributed by atoms with Gasteiger partial charge in [-0.25, -0.2) is 0 Å². The van der Waals surface area contributed by atoms with Crippen molar-refractivity contribution in [3.05, 3.63) is 48.3 Å². The largest absolute Gasteiger partial charge is 0.369 e. The molecule has 19 heavy (non-hydrogen) atoms. The van der Waals surface area contributed by atoms with E-state index in [-0.39, 0.29) is 0 Å². The molecule has 1 fully saturated rings. The summed E-state index contributed by atoms with van der Waals surface area (Å²) < 4.78 is 1.87. The van der Waals surface area contributed by atoms with E-state index >= 15 is 0 Å². The van der Waals surface area contributed by atoms with Crippen LogP contribution in [0.15, 0.2) is 42.6 Å². The summed E-state index contributed by atoms with van der Waals surface area (Å²) in [7, 11) is 1.97. The van der Waals surface area contributed by atoms with Crippen molar-refractivity contribution in [1.82, 2.24) is 14.7 Å². The van der Waals surface area contributed by atoms with Crippen molar-refractivity contribution in [3.63, 3.8) is 0 Å². The smallest absolute Gasteiger partial charge is 0.0764 e. The van der Waals surface area contributed by atoms with Gasteiger partial charge in [0.1, 0.15) is 0 Å². The van der Waals surface area contributed by atoms with Crippen LogP contribution < -0.4 is 4.90 Å². The standard InChI is InChI=1S/C15H20N4/c1-17-8-7-14(16-17)13-18-9-11-19(12-10-18)15-5-3-2-4-6-15/h2-8H,9-13H2,1H3. The lowest BCUT2D eigenvalue weighted by Crippen LogP contribution is -2.46. The van der Waals surface area contributed by atoms with E-state index in [1.165, 1.54) is 5.69 Å². The predicted molar refractivity (Wildman–Crippen MR) is 77.1 cm³/mol. The Balaban J connectivity index is 1.55. The molecule has 4 nitrogen and oxygen atoms in total. The van der Waals surface area contributed by atoms with Gasteiger partial charge in [0.05, 0.1) is 5.69 Å². The first-order valence-corrected chi connectivity index (χ1v) is 6.82. The van der Waals surface area contributed by atoms with Gasteiger partial charge in [-0.1, -0.05) is 18.2 Å². The number of piperazine rings is 1. The van der Waals surface area contributed by atoms with Crippen molar-refractivity contribution in [2.24, 2.45) is 7.05 Å². The highest BCUT2D eigenvalue weighted by atomic mass is 15.3. The first kappa shape index (κ1) is 12.2. The zero-order valence-electron chi connectivity index (χ0n) is 11.4. The molecule has 100 valence electrons.